The van der Waals surface area contributed by atoms with E-state index in [1.165, 1.54) is 4.90 Å². The van der Waals surface area contributed by atoms with E-state index in [9.17, 15) is 19.5 Å². The van der Waals surface area contributed by atoms with Gasteiger partial charge in [0.05, 0.1) is 30.7 Å². The van der Waals surface area contributed by atoms with Crippen molar-refractivity contribution in [3.05, 3.63) is 59.7 Å². The van der Waals surface area contributed by atoms with Crippen LogP contribution < -0.4 is 15.5 Å². The Morgan fingerprint density at radius 3 is 2.63 bits per heavy atom. The second-order valence-corrected chi connectivity index (χ2v) is 16.4. The van der Waals surface area contributed by atoms with Gasteiger partial charge in [-0.2, -0.15) is 0 Å². The Bertz CT molecular complexity index is 1350. The van der Waals surface area contributed by atoms with Crippen LogP contribution in [0.4, 0.5) is 15.5 Å². The maximum atomic E-state index is 16.1. The van der Waals surface area contributed by atoms with E-state index in [-0.39, 0.29) is 43.2 Å². The lowest BCUT2D eigenvalue weighted by molar-refractivity contribution is -0.149. The molecule has 232 valence electrons. The lowest BCUT2D eigenvalue weighted by Gasteiger charge is -2.31. The molecule has 3 aliphatic heterocycles. The zero-order valence-corrected chi connectivity index (χ0v) is 26.4. The number of likely N-dealkylation sites (N-methyl/N-ethyl adjacent to an activating group) is 1. The van der Waals surface area contributed by atoms with Gasteiger partial charge in [-0.05, 0) is 56.2 Å². The van der Waals surface area contributed by atoms with Gasteiger partial charge < -0.3 is 34.4 Å². The average Bonchev–Trinajstić information content (AvgIpc) is 3.39. The van der Waals surface area contributed by atoms with Crippen LogP contribution >= 0.6 is 0 Å². The zero-order valence-electron chi connectivity index (χ0n) is 25.4. The first-order valence-corrected chi connectivity index (χ1v) is 18.2. The average molecular weight is 611 g/mol. The molecule has 2 aromatic rings. The standard InChI is InChI=1S/C32H43FN4O5Si/c1-21-29(43(3,4)33)27(18-28(39)37(15-16-38)20-22-9-6-5-7-10-22)42-32(21)25-17-24(12-13-26(25)36(2)31(32)41)35-30(40)23-11-8-14-34-19-23/h5-7,9-10,12-13,17,21,23,27,29,34,38H,8,11,14-16,18-20H2,1-4H3,(H,35,40)/t21-,23?,27+,29-,32+/m0/s1. The minimum Gasteiger partial charge on any atom is -0.395 e. The maximum absolute atomic E-state index is 16.1. The van der Waals surface area contributed by atoms with E-state index in [1.807, 2.05) is 37.3 Å². The number of hydrogen-bond donors (Lipinski definition) is 3. The number of aliphatic hydroxyl groups is 1. The van der Waals surface area contributed by atoms with Crippen LogP contribution in [-0.2, 0) is 31.3 Å². The molecule has 5 rings (SSSR count). The molecule has 3 amide bonds. The second-order valence-electron chi connectivity index (χ2n) is 12.6. The third-order valence-corrected chi connectivity index (χ3v) is 11.8. The predicted octanol–water partition coefficient (Wildman–Crippen LogP) is 3.79. The first-order chi connectivity index (χ1) is 20.5. The van der Waals surface area contributed by atoms with E-state index in [4.69, 9.17) is 4.74 Å². The van der Waals surface area contributed by atoms with Gasteiger partial charge in [0.1, 0.15) is 0 Å². The Balaban J connectivity index is 1.45. The smallest absolute Gasteiger partial charge is 0.264 e. The van der Waals surface area contributed by atoms with Gasteiger partial charge in [0.15, 0.2) is 5.60 Å². The van der Waals surface area contributed by atoms with Gasteiger partial charge >= 0.3 is 0 Å². The molecule has 0 saturated carbocycles. The number of halogens is 1. The van der Waals surface area contributed by atoms with Crippen molar-refractivity contribution >= 4 is 37.5 Å². The molecule has 43 heavy (non-hydrogen) atoms. The summed E-state index contributed by atoms with van der Waals surface area (Å²) in [4.78, 5) is 43.8. The molecule has 0 aromatic heterocycles. The highest BCUT2D eigenvalue weighted by Crippen LogP contribution is 2.60. The van der Waals surface area contributed by atoms with Crippen molar-refractivity contribution in [2.75, 3.05) is 43.5 Å². The Kier molecular flexibility index (Phi) is 9.08. The van der Waals surface area contributed by atoms with Crippen molar-refractivity contribution < 1.29 is 28.3 Å². The molecule has 11 heteroatoms. The normalized spacial score (nSPS) is 26.9. The van der Waals surface area contributed by atoms with E-state index < -0.39 is 31.6 Å². The van der Waals surface area contributed by atoms with Crippen LogP contribution in [0.2, 0.25) is 18.6 Å². The summed E-state index contributed by atoms with van der Waals surface area (Å²) in [6, 6.07) is 14.8. The van der Waals surface area contributed by atoms with Crippen molar-refractivity contribution in [1.82, 2.24) is 10.2 Å². The van der Waals surface area contributed by atoms with Gasteiger partial charge in [0, 0.05) is 49.4 Å². The van der Waals surface area contributed by atoms with E-state index in [0.717, 1.165) is 24.9 Å². The number of hydrogen-bond acceptors (Lipinski definition) is 6. The van der Waals surface area contributed by atoms with Crippen LogP contribution in [0.3, 0.4) is 0 Å². The fraction of sp³-hybridized carbons (Fsp3) is 0.531. The van der Waals surface area contributed by atoms with Crippen molar-refractivity contribution in [3.63, 3.8) is 0 Å². The number of carbonyl (C=O) groups excluding carboxylic acids is 3. The number of piperidine rings is 1. The molecule has 3 heterocycles. The minimum atomic E-state index is -3.47. The van der Waals surface area contributed by atoms with Crippen LogP contribution in [0.1, 0.15) is 37.3 Å². The van der Waals surface area contributed by atoms with E-state index in [2.05, 4.69) is 10.6 Å². The predicted molar refractivity (Wildman–Crippen MR) is 166 cm³/mol. The third-order valence-electron chi connectivity index (χ3n) is 9.34. The minimum absolute atomic E-state index is 0.0830. The van der Waals surface area contributed by atoms with Crippen LogP contribution in [-0.4, -0.2) is 75.5 Å². The Labute approximate surface area is 254 Å². The van der Waals surface area contributed by atoms with Crippen LogP contribution in [0.25, 0.3) is 0 Å². The highest BCUT2D eigenvalue weighted by Gasteiger charge is 2.66. The van der Waals surface area contributed by atoms with Crippen LogP contribution in [0.5, 0.6) is 0 Å². The highest BCUT2D eigenvalue weighted by molar-refractivity contribution is 6.72. The topological polar surface area (TPSA) is 111 Å². The summed E-state index contributed by atoms with van der Waals surface area (Å²) in [5, 5.41) is 16.0. The lowest BCUT2D eigenvalue weighted by Crippen LogP contribution is -2.44. The summed E-state index contributed by atoms with van der Waals surface area (Å²) in [6.07, 6.45) is 0.796. The molecule has 3 N–H and O–H groups in total. The number of ether oxygens (including phenoxy) is 1. The quantitative estimate of drug-likeness (QED) is 0.295. The first kappa shape index (κ1) is 31.3. The number of nitrogens with zero attached hydrogens (tertiary/aromatic N) is 2. The Morgan fingerprint density at radius 1 is 1.23 bits per heavy atom. The Morgan fingerprint density at radius 2 is 1.98 bits per heavy atom. The summed E-state index contributed by atoms with van der Waals surface area (Å²) in [7, 11) is -1.79. The molecule has 0 radical (unpaired) electrons. The molecule has 5 atom stereocenters. The number of nitrogens with one attached hydrogen (secondary N) is 2. The molecule has 0 bridgehead atoms. The molecule has 9 nitrogen and oxygen atoms in total. The van der Waals surface area contributed by atoms with Crippen molar-refractivity contribution in [2.45, 2.75) is 63.1 Å². The summed E-state index contributed by atoms with van der Waals surface area (Å²) in [5.41, 5.74) is 0.575. The number of fused-ring (bicyclic) bond motifs is 2. The fourth-order valence-electron chi connectivity index (χ4n) is 7.27. The number of amides is 3. The molecule has 2 aromatic carbocycles. The summed E-state index contributed by atoms with van der Waals surface area (Å²) in [6.45, 7) is 6.79. The van der Waals surface area contributed by atoms with E-state index in [0.29, 0.717) is 30.0 Å². The zero-order chi connectivity index (χ0) is 30.9. The number of carbonyl (C=O) groups is 3. The molecule has 1 spiro atoms. The summed E-state index contributed by atoms with van der Waals surface area (Å²) in [5.74, 6) is -1.35. The number of anilines is 2. The van der Waals surface area contributed by atoms with Gasteiger partial charge in [-0.3, -0.25) is 14.4 Å². The van der Waals surface area contributed by atoms with Crippen molar-refractivity contribution in [3.8, 4) is 0 Å². The fourth-order valence-corrected chi connectivity index (χ4v) is 9.76. The summed E-state index contributed by atoms with van der Waals surface area (Å²) >= 11 is 0. The molecule has 1 unspecified atom stereocenters. The maximum Gasteiger partial charge on any atom is 0.264 e. The van der Waals surface area contributed by atoms with E-state index in [1.54, 1.807) is 43.2 Å². The molecule has 0 aliphatic carbocycles. The summed E-state index contributed by atoms with van der Waals surface area (Å²) < 4.78 is 22.8. The van der Waals surface area contributed by atoms with Crippen LogP contribution in [0, 0.1) is 11.8 Å². The molecular formula is C32H43FN4O5Si. The van der Waals surface area contributed by atoms with Crippen LogP contribution in [0.15, 0.2) is 48.5 Å². The first-order valence-electron chi connectivity index (χ1n) is 15.2. The van der Waals surface area contributed by atoms with Crippen molar-refractivity contribution in [1.29, 1.82) is 0 Å². The van der Waals surface area contributed by atoms with E-state index >= 15 is 4.11 Å². The molecular weight excluding hydrogens is 567 g/mol. The van der Waals surface area contributed by atoms with Gasteiger partial charge in [-0.1, -0.05) is 37.3 Å². The van der Waals surface area contributed by atoms with Gasteiger partial charge in [0.2, 0.25) is 20.2 Å². The molecule has 2 saturated heterocycles. The van der Waals surface area contributed by atoms with Gasteiger partial charge in [-0.25, -0.2) is 0 Å². The van der Waals surface area contributed by atoms with Gasteiger partial charge in [-0.15, -0.1) is 0 Å². The second kappa shape index (κ2) is 12.5. The van der Waals surface area contributed by atoms with Gasteiger partial charge in [0.25, 0.3) is 5.91 Å². The monoisotopic (exact) mass is 610 g/mol. The third kappa shape index (κ3) is 6.00. The molecule has 2 fully saturated rings. The van der Waals surface area contributed by atoms with Crippen molar-refractivity contribution in [2.24, 2.45) is 11.8 Å². The number of rotatable bonds is 9. The Hall–Kier alpha value is -3.12. The SMILES string of the molecule is C[C@H]1[C@H]([Si](C)(C)F)[C@@H](CC(=O)N(CCO)Cc2ccccc2)O[C@]12C(=O)N(C)c1ccc(NC(=O)C3CCCNC3)cc12. The number of aliphatic hydroxyl groups excluding tert-OH is 1. The highest BCUT2D eigenvalue weighted by atomic mass is 28.4. The lowest BCUT2D eigenvalue weighted by atomic mass is 9.82. The number of benzene rings is 2. The largest absolute Gasteiger partial charge is 0.395 e. The molecule has 3 aliphatic rings.